The number of halogens is 1. The minimum atomic E-state index is -0.118. The number of H-pyrrole nitrogens is 1. The lowest BCUT2D eigenvalue weighted by atomic mass is 9.92. The van der Waals surface area contributed by atoms with Crippen molar-refractivity contribution in [1.29, 1.82) is 0 Å². The number of carbonyl (C=O) groups is 2. The zero-order valence-corrected chi connectivity index (χ0v) is 20.5. The highest BCUT2D eigenvalue weighted by Crippen LogP contribution is 2.36. The Balaban J connectivity index is 0.00000306. The number of carbonyl (C=O) groups excluding carboxylic acids is 2. The van der Waals surface area contributed by atoms with Crippen LogP contribution in [0.4, 0.5) is 11.4 Å². The van der Waals surface area contributed by atoms with Gasteiger partial charge in [0.05, 0.1) is 23.4 Å². The number of aromatic amines is 1. The lowest BCUT2D eigenvalue weighted by Gasteiger charge is -2.34. The number of imidazole rings is 1. The van der Waals surface area contributed by atoms with Crippen LogP contribution in [-0.4, -0.2) is 67.0 Å². The first-order valence-electron chi connectivity index (χ1n) is 11.5. The lowest BCUT2D eigenvalue weighted by molar-refractivity contribution is -0.117. The van der Waals surface area contributed by atoms with Crippen LogP contribution in [0.25, 0.3) is 0 Å². The molecular formula is C24H35ClN6O2. The number of nitrogens with one attached hydrogen (secondary N) is 3. The van der Waals surface area contributed by atoms with Gasteiger partial charge in [-0.1, -0.05) is 0 Å². The number of likely N-dealkylation sites (N-methyl/N-ethyl adjacent to an activating group) is 1. The van der Waals surface area contributed by atoms with E-state index in [9.17, 15) is 9.59 Å². The molecule has 0 bridgehead atoms. The van der Waals surface area contributed by atoms with E-state index in [1.165, 1.54) is 0 Å². The van der Waals surface area contributed by atoms with Gasteiger partial charge in [0, 0.05) is 49.3 Å². The summed E-state index contributed by atoms with van der Waals surface area (Å²) in [6.07, 6.45) is 5.68. The second-order valence-corrected chi connectivity index (χ2v) is 9.23. The number of rotatable bonds is 8. The van der Waals surface area contributed by atoms with E-state index in [0.29, 0.717) is 18.0 Å². The molecule has 8 nitrogen and oxygen atoms in total. The average molecular weight is 475 g/mol. The van der Waals surface area contributed by atoms with E-state index in [1.54, 1.807) is 6.33 Å². The van der Waals surface area contributed by atoms with Crippen molar-refractivity contribution in [2.24, 2.45) is 5.92 Å². The first kappa shape index (κ1) is 25.1. The predicted molar refractivity (Wildman–Crippen MR) is 133 cm³/mol. The van der Waals surface area contributed by atoms with Crippen LogP contribution in [0, 0.1) is 12.8 Å². The van der Waals surface area contributed by atoms with Crippen LogP contribution in [0.15, 0.2) is 24.5 Å². The number of hydrogen-bond donors (Lipinski definition) is 3. The smallest absolute Gasteiger partial charge is 0.251 e. The number of aromatic nitrogens is 2. The minimum absolute atomic E-state index is 0. The second-order valence-electron chi connectivity index (χ2n) is 9.23. The van der Waals surface area contributed by atoms with E-state index in [2.05, 4.69) is 32.4 Å². The highest BCUT2D eigenvalue weighted by atomic mass is 35.5. The number of hydrogen-bond acceptors (Lipinski definition) is 5. The molecule has 0 atom stereocenters. The Labute approximate surface area is 201 Å². The van der Waals surface area contributed by atoms with Crippen molar-refractivity contribution < 1.29 is 9.59 Å². The van der Waals surface area contributed by atoms with Gasteiger partial charge in [0.2, 0.25) is 5.91 Å². The standard InChI is InChI=1S/C24H34N6O2.ClH/c1-16-22(27-15-26-16)17-8-11-30(12-9-17)21-7-6-19(23(31)25-10-13-29(2)3)14-20(21)28-24(32)18-4-5-18;/h6-7,14-15,17-18H,4-5,8-13H2,1-3H3,(H,25,31)(H,26,27)(H,28,32);1H. The third kappa shape index (κ3) is 6.26. The summed E-state index contributed by atoms with van der Waals surface area (Å²) in [5.74, 6) is 0.490. The van der Waals surface area contributed by atoms with Gasteiger partial charge < -0.3 is 25.4 Å². The van der Waals surface area contributed by atoms with E-state index in [0.717, 1.165) is 68.1 Å². The zero-order valence-electron chi connectivity index (χ0n) is 19.7. The summed E-state index contributed by atoms with van der Waals surface area (Å²) in [7, 11) is 3.95. The van der Waals surface area contributed by atoms with Gasteiger partial charge in [0.15, 0.2) is 0 Å². The van der Waals surface area contributed by atoms with Crippen LogP contribution < -0.4 is 15.5 Å². The van der Waals surface area contributed by atoms with Gasteiger partial charge in [0.1, 0.15) is 0 Å². The fraction of sp³-hybridized carbons (Fsp3) is 0.542. The molecule has 1 saturated heterocycles. The van der Waals surface area contributed by atoms with Gasteiger partial charge in [-0.05, 0) is 64.9 Å². The van der Waals surface area contributed by atoms with Gasteiger partial charge in [-0.2, -0.15) is 0 Å². The number of piperidine rings is 1. The number of benzene rings is 1. The molecule has 180 valence electrons. The number of amides is 2. The summed E-state index contributed by atoms with van der Waals surface area (Å²) in [5, 5.41) is 6.06. The van der Waals surface area contributed by atoms with Crippen molar-refractivity contribution in [2.45, 2.75) is 38.5 Å². The van der Waals surface area contributed by atoms with E-state index in [1.807, 2.05) is 37.2 Å². The minimum Gasteiger partial charge on any atom is -0.370 e. The summed E-state index contributed by atoms with van der Waals surface area (Å²) < 4.78 is 0. The van der Waals surface area contributed by atoms with Crippen molar-refractivity contribution in [2.75, 3.05) is 50.5 Å². The molecule has 0 unspecified atom stereocenters. The zero-order chi connectivity index (χ0) is 22.7. The van der Waals surface area contributed by atoms with Gasteiger partial charge >= 0.3 is 0 Å². The first-order valence-corrected chi connectivity index (χ1v) is 11.5. The van der Waals surface area contributed by atoms with Crippen LogP contribution in [0.2, 0.25) is 0 Å². The molecule has 2 aliphatic rings. The number of nitrogens with zero attached hydrogens (tertiary/aromatic N) is 3. The molecule has 1 aromatic carbocycles. The predicted octanol–water partition coefficient (Wildman–Crippen LogP) is 3.16. The van der Waals surface area contributed by atoms with Crippen LogP contribution in [0.3, 0.4) is 0 Å². The van der Waals surface area contributed by atoms with E-state index in [4.69, 9.17) is 0 Å². The number of aryl methyl sites for hydroxylation is 1. The fourth-order valence-electron chi connectivity index (χ4n) is 4.30. The third-order valence-electron chi connectivity index (χ3n) is 6.40. The summed E-state index contributed by atoms with van der Waals surface area (Å²) in [6.45, 7) is 5.20. The van der Waals surface area contributed by atoms with Crippen LogP contribution >= 0.6 is 12.4 Å². The maximum Gasteiger partial charge on any atom is 0.251 e. The molecular weight excluding hydrogens is 440 g/mol. The van der Waals surface area contributed by atoms with Crippen molar-refractivity contribution >= 4 is 35.6 Å². The van der Waals surface area contributed by atoms with E-state index >= 15 is 0 Å². The normalized spacial score (nSPS) is 16.4. The van der Waals surface area contributed by atoms with Crippen molar-refractivity contribution in [3.63, 3.8) is 0 Å². The number of anilines is 2. The molecule has 2 amide bonds. The molecule has 9 heteroatoms. The summed E-state index contributed by atoms with van der Waals surface area (Å²) in [6, 6.07) is 5.66. The molecule has 2 heterocycles. The van der Waals surface area contributed by atoms with Crippen LogP contribution in [0.5, 0.6) is 0 Å². The molecule has 1 aromatic heterocycles. The Morgan fingerprint density at radius 3 is 2.52 bits per heavy atom. The van der Waals surface area contributed by atoms with Gasteiger partial charge in [-0.3, -0.25) is 9.59 Å². The van der Waals surface area contributed by atoms with E-state index in [-0.39, 0.29) is 30.1 Å². The van der Waals surface area contributed by atoms with Crippen molar-refractivity contribution in [1.82, 2.24) is 20.2 Å². The highest BCUT2D eigenvalue weighted by Gasteiger charge is 2.31. The fourth-order valence-corrected chi connectivity index (χ4v) is 4.30. The topological polar surface area (TPSA) is 93.4 Å². The largest absolute Gasteiger partial charge is 0.370 e. The Morgan fingerprint density at radius 2 is 1.91 bits per heavy atom. The van der Waals surface area contributed by atoms with Crippen molar-refractivity contribution in [3.8, 4) is 0 Å². The maximum absolute atomic E-state index is 12.6. The molecule has 1 aliphatic heterocycles. The molecule has 33 heavy (non-hydrogen) atoms. The second kappa shape index (κ2) is 11.0. The third-order valence-corrected chi connectivity index (χ3v) is 6.40. The Hall–Kier alpha value is -2.58. The molecule has 2 fully saturated rings. The lowest BCUT2D eigenvalue weighted by Crippen LogP contribution is -2.34. The molecule has 1 saturated carbocycles. The summed E-state index contributed by atoms with van der Waals surface area (Å²) >= 11 is 0. The van der Waals surface area contributed by atoms with Gasteiger partial charge in [-0.25, -0.2) is 4.98 Å². The molecule has 0 spiro atoms. The highest BCUT2D eigenvalue weighted by molar-refractivity contribution is 6.01. The monoisotopic (exact) mass is 474 g/mol. The first-order chi connectivity index (χ1) is 15.4. The SMILES string of the molecule is Cc1[nH]cnc1C1CCN(c2ccc(C(=O)NCCN(C)C)cc2NC(=O)C2CC2)CC1.Cl. The van der Waals surface area contributed by atoms with Crippen LogP contribution in [-0.2, 0) is 4.79 Å². The van der Waals surface area contributed by atoms with Gasteiger partial charge in [0.25, 0.3) is 5.91 Å². The van der Waals surface area contributed by atoms with Crippen LogP contribution in [0.1, 0.15) is 53.3 Å². The molecule has 4 rings (SSSR count). The Kier molecular flexibility index (Phi) is 8.37. The van der Waals surface area contributed by atoms with E-state index < -0.39 is 0 Å². The molecule has 1 aliphatic carbocycles. The molecule has 3 N–H and O–H groups in total. The average Bonchev–Trinajstić information content (AvgIpc) is 3.55. The maximum atomic E-state index is 12.6. The quantitative estimate of drug-likeness (QED) is 0.546. The summed E-state index contributed by atoms with van der Waals surface area (Å²) in [4.78, 5) is 37.2. The molecule has 0 radical (unpaired) electrons. The van der Waals surface area contributed by atoms with Gasteiger partial charge in [-0.15, -0.1) is 12.4 Å². The van der Waals surface area contributed by atoms with Crippen molar-refractivity contribution in [3.05, 3.63) is 41.5 Å². The summed E-state index contributed by atoms with van der Waals surface area (Å²) in [5.41, 5.74) is 4.60. The Bertz CT molecular complexity index is 964. The molecule has 2 aromatic rings. The Morgan fingerprint density at radius 1 is 1.18 bits per heavy atom.